The topological polar surface area (TPSA) is 66.8 Å². The Bertz CT molecular complexity index is 494. The minimum atomic E-state index is -1.63. The second-order valence-corrected chi connectivity index (χ2v) is 5.16. The van der Waals surface area contributed by atoms with Crippen LogP contribution in [0.2, 0.25) is 0 Å². The van der Waals surface area contributed by atoms with Crippen LogP contribution in [-0.2, 0) is 16.6 Å². The summed E-state index contributed by atoms with van der Waals surface area (Å²) in [5, 5.41) is 17.7. The maximum absolute atomic E-state index is 13.8. The van der Waals surface area contributed by atoms with E-state index in [9.17, 15) is 9.18 Å². The number of halogens is 1. The third-order valence-electron chi connectivity index (χ3n) is 3.09. The van der Waals surface area contributed by atoms with Crippen molar-refractivity contribution in [2.45, 2.75) is 38.4 Å². The summed E-state index contributed by atoms with van der Waals surface area (Å²) in [6.45, 7) is 3.68. The van der Waals surface area contributed by atoms with Crippen LogP contribution in [0.25, 0.3) is 0 Å². The van der Waals surface area contributed by atoms with Gasteiger partial charge >= 0.3 is 5.97 Å². The molecule has 0 atom stereocenters. The summed E-state index contributed by atoms with van der Waals surface area (Å²) in [4.78, 5) is 11.4. The Kier molecular flexibility index (Phi) is 3.12. The Balaban J connectivity index is 2.49. The summed E-state index contributed by atoms with van der Waals surface area (Å²) >= 11 is 0. The molecule has 1 aromatic carbocycles. The van der Waals surface area contributed by atoms with Crippen molar-refractivity contribution in [3.63, 3.8) is 0 Å². The predicted molar refractivity (Wildman–Crippen MR) is 61.6 cm³/mol. The first-order valence-corrected chi connectivity index (χ1v) is 5.69. The van der Waals surface area contributed by atoms with E-state index >= 15 is 0 Å². The Morgan fingerprint density at radius 1 is 1.44 bits per heavy atom. The predicted octanol–water partition coefficient (Wildman–Crippen LogP) is 1.27. The molecule has 1 aliphatic rings. The second kappa shape index (κ2) is 4.33. The zero-order chi connectivity index (χ0) is 13.5. The number of benzene rings is 1. The maximum Gasteiger partial charge on any atom is 0.312 e. The first-order valence-electron chi connectivity index (χ1n) is 5.69. The van der Waals surface area contributed by atoms with Crippen LogP contribution in [0.1, 0.15) is 31.4 Å². The molecule has 1 aliphatic heterocycles. The molecule has 1 aromatic rings. The summed E-state index contributed by atoms with van der Waals surface area (Å²) < 4.78 is 18.9. The van der Waals surface area contributed by atoms with Gasteiger partial charge in [0, 0.05) is 17.4 Å². The Hall–Kier alpha value is -1.46. The van der Waals surface area contributed by atoms with Crippen LogP contribution in [0.3, 0.4) is 0 Å². The molecule has 0 fully saturated rings. The highest BCUT2D eigenvalue weighted by atomic mass is 19.1. The Morgan fingerprint density at radius 2 is 2.11 bits per heavy atom. The molecule has 2 rings (SSSR count). The van der Waals surface area contributed by atoms with Crippen LogP contribution in [0, 0.1) is 5.82 Å². The van der Waals surface area contributed by atoms with Crippen LogP contribution >= 0.6 is 0 Å². The number of esters is 1. The van der Waals surface area contributed by atoms with Gasteiger partial charge in [-0.1, -0.05) is 13.8 Å². The molecule has 0 saturated heterocycles. The van der Waals surface area contributed by atoms with Gasteiger partial charge < -0.3 is 14.9 Å². The van der Waals surface area contributed by atoms with E-state index in [1.807, 2.05) is 13.8 Å². The molecular formula is C13H15FO4. The molecule has 0 unspecified atom stereocenters. The zero-order valence-corrected chi connectivity index (χ0v) is 10.2. The molecule has 2 N–H and O–H groups in total. The van der Waals surface area contributed by atoms with E-state index in [1.165, 1.54) is 12.1 Å². The first-order chi connectivity index (χ1) is 8.29. The van der Waals surface area contributed by atoms with Crippen molar-refractivity contribution < 1.29 is 24.1 Å². The van der Waals surface area contributed by atoms with Crippen LogP contribution in [0.4, 0.5) is 4.39 Å². The largest absolute Gasteiger partial charge is 0.426 e. The fourth-order valence-electron chi connectivity index (χ4n) is 2.18. The Morgan fingerprint density at radius 3 is 2.72 bits per heavy atom. The summed E-state index contributed by atoms with van der Waals surface area (Å²) in [5.74, 6) is -0.587. The number of aliphatic hydroxyl groups excluding tert-OH is 1. The van der Waals surface area contributed by atoms with E-state index in [4.69, 9.17) is 14.9 Å². The van der Waals surface area contributed by atoms with Crippen molar-refractivity contribution in [1.29, 1.82) is 0 Å². The van der Waals surface area contributed by atoms with Crippen LogP contribution in [-0.4, -0.2) is 22.5 Å². The van der Waals surface area contributed by atoms with E-state index in [0.29, 0.717) is 11.3 Å². The molecule has 98 valence electrons. The van der Waals surface area contributed by atoms with E-state index in [-0.39, 0.29) is 24.4 Å². The summed E-state index contributed by atoms with van der Waals surface area (Å²) in [7, 11) is 0. The van der Waals surface area contributed by atoms with Gasteiger partial charge in [-0.2, -0.15) is 0 Å². The molecule has 0 aliphatic carbocycles. The highest BCUT2D eigenvalue weighted by Crippen LogP contribution is 2.40. The number of rotatable bonds is 2. The number of aliphatic hydroxyl groups is 2. The van der Waals surface area contributed by atoms with Gasteiger partial charge in [0.15, 0.2) is 6.29 Å². The lowest BCUT2D eigenvalue weighted by molar-refractivity contribution is -0.136. The number of hydrogen-bond donors (Lipinski definition) is 2. The number of fused-ring (bicyclic) bond motifs is 1. The molecule has 18 heavy (non-hydrogen) atoms. The molecule has 0 amide bonds. The number of carbonyl (C=O) groups excluding carboxylic acids is 1. The standard InChI is InChI=1S/C13H15FO4/c1-13(2)6-12(17)18-10-3-7(4-11(15)16)9(14)5-8(10)13/h3,5,11,15-16H,4,6H2,1-2H3. The highest BCUT2D eigenvalue weighted by molar-refractivity contribution is 5.77. The van der Waals surface area contributed by atoms with Gasteiger partial charge in [0.05, 0.1) is 6.42 Å². The number of ether oxygens (including phenoxy) is 1. The summed E-state index contributed by atoms with van der Waals surface area (Å²) in [5.41, 5.74) is 0.257. The van der Waals surface area contributed by atoms with E-state index in [1.54, 1.807) is 0 Å². The van der Waals surface area contributed by atoms with Crippen LogP contribution < -0.4 is 4.74 Å². The third kappa shape index (κ3) is 2.37. The van der Waals surface area contributed by atoms with E-state index in [0.717, 1.165) is 0 Å². The molecule has 1 heterocycles. The van der Waals surface area contributed by atoms with Gasteiger partial charge in [0.1, 0.15) is 11.6 Å². The van der Waals surface area contributed by atoms with Crippen molar-refractivity contribution in [2.75, 3.05) is 0 Å². The average Bonchev–Trinajstić information content (AvgIpc) is 2.19. The fourth-order valence-corrected chi connectivity index (χ4v) is 2.18. The van der Waals surface area contributed by atoms with Crippen LogP contribution in [0.15, 0.2) is 12.1 Å². The maximum atomic E-state index is 13.8. The zero-order valence-electron chi connectivity index (χ0n) is 10.2. The van der Waals surface area contributed by atoms with E-state index < -0.39 is 17.5 Å². The van der Waals surface area contributed by atoms with Crippen molar-refractivity contribution in [2.24, 2.45) is 0 Å². The fraction of sp³-hybridized carbons (Fsp3) is 0.462. The summed E-state index contributed by atoms with van der Waals surface area (Å²) in [6, 6.07) is 2.67. The molecule has 0 spiro atoms. The van der Waals surface area contributed by atoms with Gasteiger partial charge in [0.25, 0.3) is 0 Å². The van der Waals surface area contributed by atoms with Crippen molar-refractivity contribution in [1.82, 2.24) is 0 Å². The molecular weight excluding hydrogens is 239 g/mol. The van der Waals surface area contributed by atoms with Gasteiger partial charge in [-0.25, -0.2) is 4.39 Å². The van der Waals surface area contributed by atoms with Crippen molar-refractivity contribution >= 4 is 5.97 Å². The van der Waals surface area contributed by atoms with Gasteiger partial charge in [-0.15, -0.1) is 0 Å². The van der Waals surface area contributed by atoms with Crippen molar-refractivity contribution in [3.05, 3.63) is 29.1 Å². The quantitative estimate of drug-likeness (QED) is 0.474. The molecule has 0 radical (unpaired) electrons. The lowest BCUT2D eigenvalue weighted by atomic mass is 9.79. The highest BCUT2D eigenvalue weighted by Gasteiger charge is 2.34. The van der Waals surface area contributed by atoms with Gasteiger partial charge in [0.2, 0.25) is 0 Å². The smallest absolute Gasteiger partial charge is 0.312 e. The number of carbonyl (C=O) groups is 1. The molecule has 0 aromatic heterocycles. The first kappa shape index (κ1) is 13.0. The molecule has 0 saturated carbocycles. The third-order valence-corrected chi connectivity index (χ3v) is 3.09. The second-order valence-electron chi connectivity index (χ2n) is 5.16. The minimum Gasteiger partial charge on any atom is -0.426 e. The van der Waals surface area contributed by atoms with Crippen molar-refractivity contribution in [3.8, 4) is 5.75 Å². The molecule has 0 bridgehead atoms. The van der Waals surface area contributed by atoms with Gasteiger partial charge in [-0.3, -0.25) is 4.79 Å². The Labute approximate surface area is 104 Å². The normalized spacial score (nSPS) is 17.6. The molecule has 4 nitrogen and oxygen atoms in total. The lowest BCUT2D eigenvalue weighted by Gasteiger charge is -2.31. The lowest BCUT2D eigenvalue weighted by Crippen LogP contribution is -2.31. The molecule has 5 heteroatoms. The van der Waals surface area contributed by atoms with E-state index in [2.05, 4.69) is 0 Å². The SMILES string of the molecule is CC1(C)CC(=O)Oc2cc(CC(O)O)c(F)cc21. The monoisotopic (exact) mass is 254 g/mol. The number of hydrogen-bond acceptors (Lipinski definition) is 4. The average molecular weight is 254 g/mol. The summed E-state index contributed by atoms with van der Waals surface area (Å²) in [6.07, 6.45) is -1.68. The van der Waals surface area contributed by atoms with Crippen LogP contribution in [0.5, 0.6) is 5.75 Å². The van der Waals surface area contributed by atoms with Gasteiger partial charge in [-0.05, 0) is 17.7 Å². The minimum absolute atomic E-state index is 0.120.